The fourth-order valence-electron chi connectivity index (χ4n) is 4.01. The Kier molecular flexibility index (Phi) is 6.76. The van der Waals surface area contributed by atoms with E-state index >= 15 is 0 Å². The summed E-state index contributed by atoms with van der Waals surface area (Å²) < 4.78 is 33.8. The number of aryl methyl sites for hydroxylation is 2. The second kappa shape index (κ2) is 9.72. The number of nitrogens with one attached hydrogen (secondary N) is 1. The van der Waals surface area contributed by atoms with E-state index in [4.69, 9.17) is 4.52 Å². The number of piperidine rings is 1. The molecule has 2 aromatic carbocycles. The van der Waals surface area contributed by atoms with E-state index in [0.717, 1.165) is 11.1 Å². The molecule has 0 radical (unpaired) electrons. The molecule has 1 saturated heterocycles. The molecule has 1 aliphatic heterocycles. The molecule has 1 N–H and O–H groups in total. The van der Waals surface area contributed by atoms with Crippen molar-refractivity contribution in [1.82, 2.24) is 9.46 Å². The van der Waals surface area contributed by atoms with Crippen LogP contribution in [0.4, 0.5) is 5.69 Å². The van der Waals surface area contributed by atoms with E-state index in [2.05, 4.69) is 10.5 Å². The van der Waals surface area contributed by atoms with Gasteiger partial charge in [0.15, 0.2) is 10.7 Å². The maximum absolute atomic E-state index is 13.5. The monoisotopic (exact) mass is 465 g/mol. The maximum Gasteiger partial charge on any atom is 0.248 e. The third kappa shape index (κ3) is 5.23. The van der Waals surface area contributed by atoms with Gasteiger partial charge >= 0.3 is 0 Å². The fourth-order valence-corrected chi connectivity index (χ4v) is 5.78. The molecular weight excluding hydrogens is 438 g/mol. The van der Waals surface area contributed by atoms with Crippen LogP contribution in [0.5, 0.6) is 0 Å². The molecule has 1 unspecified atom stereocenters. The van der Waals surface area contributed by atoms with Gasteiger partial charge in [0.2, 0.25) is 15.9 Å². The number of aromatic nitrogens is 1. The molecular formula is C25H27N3O4S. The lowest BCUT2D eigenvalue weighted by Gasteiger charge is -2.31. The lowest BCUT2D eigenvalue weighted by Crippen LogP contribution is -2.43. The van der Waals surface area contributed by atoms with Gasteiger partial charge < -0.3 is 9.84 Å². The molecule has 0 spiro atoms. The molecule has 1 amide bonds. The SMILES string of the molecule is Cc1cccc(NC(=O)C2CCCN(S(=O)(=O)c3c(C)noc3C=Cc3ccccc3)C2)c1. The zero-order valence-corrected chi connectivity index (χ0v) is 19.5. The summed E-state index contributed by atoms with van der Waals surface area (Å²) in [4.78, 5) is 12.9. The summed E-state index contributed by atoms with van der Waals surface area (Å²) in [5.41, 5.74) is 2.97. The van der Waals surface area contributed by atoms with E-state index < -0.39 is 15.9 Å². The van der Waals surface area contributed by atoms with Crippen LogP contribution in [0.25, 0.3) is 12.2 Å². The van der Waals surface area contributed by atoms with Crippen LogP contribution in [0.1, 0.15) is 35.4 Å². The molecule has 1 fully saturated rings. The van der Waals surface area contributed by atoms with E-state index in [1.165, 1.54) is 4.31 Å². The normalized spacial score (nSPS) is 17.3. The highest BCUT2D eigenvalue weighted by Crippen LogP contribution is 2.29. The summed E-state index contributed by atoms with van der Waals surface area (Å²) in [6.07, 6.45) is 4.64. The summed E-state index contributed by atoms with van der Waals surface area (Å²) in [6, 6.07) is 17.1. The van der Waals surface area contributed by atoms with Gasteiger partial charge in [-0.3, -0.25) is 4.79 Å². The maximum atomic E-state index is 13.5. The van der Waals surface area contributed by atoms with Crippen molar-refractivity contribution in [2.45, 2.75) is 31.6 Å². The van der Waals surface area contributed by atoms with Crippen LogP contribution in [-0.4, -0.2) is 36.9 Å². The van der Waals surface area contributed by atoms with Crippen molar-refractivity contribution >= 4 is 33.8 Å². The second-order valence-corrected chi connectivity index (χ2v) is 10.1. The second-order valence-electron chi connectivity index (χ2n) is 8.27. The molecule has 7 nitrogen and oxygen atoms in total. The van der Waals surface area contributed by atoms with Crippen molar-refractivity contribution in [2.75, 3.05) is 18.4 Å². The van der Waals surface area contributed by atoms with E-state index in [9.17, 15) is 13.2 Å². The van der Waals surface area contributed by atoms with Crippen molar-refractivity contribution in [3.8, 4) is 0 Å². The van der Waals surface area contributed by atoms with E-state index in [1.54, 1.807) is 19.1 Å². The first-order chi connectivity index (χ1) is 15.8. The Hall–Kier alpha value is -3.23. The first-order valence-corrected chi connectivity index (χ1v) is 12.4. The van der Waals surface area contributed by atoms with Crippen molar-refractivity contribution in [3.63, 3.8) is 0 Å². The molecule has 172 valence electrons. The summed E-state index contributed by atoms with van der Waals surface area (Å²) in [6.45, 7) is 4.03. The summed E-state index contributed by atoms with van der Waals surface area (Å²) in [7, 11) is -3.88. The minimum absolute atomic E-state index is 0.0504. The highest BCUT2D eigenvalue weighted by Gasteiger charge is 2.36. The number of carbonyl (C=O) groups is 1. The number of anilines is 1. The average Bonchev–Trinajstić information content (AvgIpc) is 3.19. The van der Waals surface area contributed by atoms with Gasteiger partial charge in [-0.2, -0.15) is 4.31 Å². The number of benzene rings is 2. The predicted molar refractivity (Wildman–Crippen MR) is 128 cm³/mol. The standard InChI is InChI=1S/C25H27N3O4S/c1-18-8-6-12-22(16-18)26-25(29)21-11-7-15-28(17-21)33(30,31)24-19(2)27-32-23(24)14-13-20-9-4-3-5-10-20/h3-6,8-10,12-14,16,21H,7,11,15,17H2,1-2H3,(H,26,29). The predicted octanol–water partition coefficient (Wildman–Crippen LogP) is 4.50. The van der Waals surface area contributed by atoms with Gasteiger partial charge in [-0.1, -0.05) is 53.7 Å². The Bertz CT molecular complexity index is 1270. The van der Waals surface area contributed by atoms with Crippen LogP contribution < -0.4 is 5.32 Å². The van der Waals surface area contributed by atoms with Gasteiger partial charge in [-0.05, 0) is 56.0 Å². The zero-order valence-electron chi connectivity index (χ0n) is 18.7. The minimum atomic E-state index is -3.88. The fraction of sp³-hybridized carbons (Fsp3) is 0.280. The van der Waals surface area contributed by atoms with Crippen molar-refractivity contribution < 1.29 is 17.7 Å². The lowest BCUT2D eigenvalue weighted by molar-refractivity contribution is -0.120. The highest BCUT2D eigenvalue weighted by molar-refractivity contribution is 7.89. The molecule has 0 saturated carbocycles. The van der Waals surface area contributed by atoms with Gasteiger partial charge in [0.05, 0.1) is 5.92 Å². The highest BCUT2D eigenvalue weighted by atomic mass is 32.2. The molecule has 3 aromatic rings. The Morgan fingerprint density at radius 1 is 1.12 bits per heavy atom. The molecule has 8 heteroatoms. The van der Waals surface area contributed by atoms with Crippen LogP contribution in [0.3, 0.4) is 0 Å². The molecule has 1 atom stereocenters. The van der Waals surface area contributed by atoms with Gasteiger partial charge in [-0.25, -0.2) is 8.42 Å². The topological polar surface area (TPSA) is 92.5 Å². The minimum Gasteiger partial charge on any atom is -0.355 e. The first-order valence-electron chi connectivity index (χ1n) is 10.9. The quantitative estimate of drug-likeness (QED) is 0.579. The molecule has 4 rings (SSSR count). The third-order valence-corrected chi connectivity index (χ3v) is 7.72. The van der Waals surface area contributed by atoms with E-state index in [-0.39, 0.29) is 23.1 Å². The number of hydrogen-bond donors (Lipinski definition) is 1. The number of sulfonamides is 1. The summed E-state index contributed by atoms with van der Waals surface area (Å²) >= 11 is 0. The Morgan fingerprint density at radius 2 is 1.91 bits per heavy atom. The van der Waals surface area contributed by atoms with Crippen molar-refractivity contribution in [1.29, 1.82) is 0 Å². The van der Waals surface area contributed by atoms with Crippen molar-refractivity contribution in [3.05, 3.63) is 77.2 Å². The van der Waals surface area contributed by atoms with Crippen LogP contribution >= 0.6 is 0 Å². The zero-order chi connectivity index (χ0) is 23.4. The van der Waals surface area contributed by atoms with Gasteiger partial charge in [-0.15, -0.1) is 0 Å². The van der Waals surface area contributed by atoms with Crippen LogP contribution in [-0.2, 0) is 14.8 Å². The van der Waals surface area contributed by atoms with Crippen LogP contribution in [0.2, 0.25) is 0 Å². The number of hydrogen-bond acceptors (Lipinski definition) is 5. The van der Waals surface area contributed by atoms with Crippen LogP contribution in [0, 0.1) is 19.8 Å². The van der Waals surface area contributed by atoms with Gasteiger partial charge in [0.1, 0.15) is 5.69 Å². The van der Waals surface area contributed by atoms with Gasteiger partial charge in [0, 0.05) is 18.8 Å². The first kappa shape index (κ1) is 22.9. The Labute approximate surface area is 194 Å². The lowest BCUT2D eigenvalue weighted by atomic mass is 9.98. The summed E-state index contributed by atoms with van der Waals surface area (Å²) in [5, 5.41) is 6.81. The van der Waals surface area contributed by atoms with Crippen molar-refractivity contribution in [2.24, 2.45) is 5.92 Å². The Balaban J connectivity index is 1.53. The number of amides is 1. The average molecular weight is 466 g/mol. The smallest absolute Gasteiger partial charge is 0.248 e. The third-order valence-electron chi connectivity index (χ3n) is 5.70. The van der Waals surface area contributed by atoms with E-state index in [1.807, 2.05) is 61.5 Å². The number of nitrogens with zero attached hydrogens (tertiary/aromatic N) is 2. The molecule has 33 heavy (non-hydrogen) atoms. The van der Waals surface area contributed by atoms with E-state index in [0.29, 0.717) is 30.8 Å². The molecule has 2 heterocycles. The molecule has 0 aliphatic carbocycles. The largest absolute Gasteiger partial charge is 0.355 e. The molecule has 1 aliphatic rings. The molecule has 1 aromatic heterocycles. The molecule has 0 bridgehead atoms. The summed E-state index contributed by atoms with van der Waals surface area (Å²) in [5.74, 6) is -0.424. The Morgan fingerprint density at radius 3 is 2.67 bits per heavy atom. The number of carbonyl (C=O) groups excluding carboxylic acids is 1. The number of rotatable bonds is 6. The van der Waals surface area contributed by atoms with Gasteiger partial charge in [0.25, 0.3) is 0 Å². The van der Waals surface area contributed by atoms with Crippen LogP contribution in [0.15, 0.2) is 64.0 Å².